The fourth-order valence-corrected chi connectivity index (χ4v) is 6.33. The summed E-state index contributed by atoms with van der Waals surface area (Å²) in [5, 5.41) is 0.484. The van der Waals surface area contributed by atoms with Crippen LogP contribution in [-0.2, 0) is 16.1 Å². The molecule has 2 heterocycles. The van der Waals surface area contributed by atoms with E-state index in [4.69, 9.17) is 9.47 Å². The van der Waals surface area contributed by atoms with Gasteiger partial charge in [-0.3, -0.25) is 9.59 Å². The summed E-state index contributed by atoms with van der Waals surface area (Å²) >= 11 is 0. The lowest BCUT2D eigenvalue weighted by Gasteiger charge is -2.25. The van der Waals surface area contributed by atoms with Gasteiger partial charge < -0.3 is 14.0 Å². The number of ether oxygens (including phenoxy) is 2. The quantitative estimate of drug-likeness (QED) is 0.166. The predicted molar refractivity (Wildman–Crippen MR) is 168 cm³/mol. The Hall–Kier alpha value is -3.68. The second kappa shape index (κ2) is 15.2. The van der Waals surface area contributed by atoms with E-state index in [1.54, 1.807) is 24.3 Å². The van der Waals surface area contributed by atoms with Crippen molar-refractivity contribution in [1.29, 1.82) is 0 Å². The normalized spacial score (nSPS) is 17.5. The zero-order valence-electron chi connectivity index (χ0n) is 25.5. The Morgan fingerprint density at radius 2 is 1.47 bits per heavy atom. The van der Waals surface area contributed by atoms with Gasteiger partial charge >= 0.3 is 6.09 Å². The molecule has 1 saturated heterocycles. The average Bonchev–Trinajstić information content (AvgIpc) is 3.32. The smallest absolute Gasteiger partial charge is 0.422 e. The molecular formula is C35H45N3O5. The molecule has 2 aromatic carbocycles. The van der Waals surface area contributed by atoms with Crippen LogP contribution in [0.5, 0.6) is 5.75 Å². The van der Waals surface area contributed by atoms with Crippen LogP contribution in [0.2, 0.25) is 0 Å². The number of aryl methyl sites for hydroxylation is 1. The first kappa shape index (κ1) is 30.8. The number of anilines is 1. The minimum atomic E-state index is -1.31. The molecule has 230 valence electrons. The van der Waals surface area contributed by atoms with Crippen molar-refractivity contribution in [2.24, 2.45) is 0 Å². The first-order valence-electron chi connectivity index (χ1n) is 16.4. The predicted octanol–water partition coefficient (Wildman–Crippen LogP) is 8.25. The molecule has 2 aliphatic rings. The van der Waals surface area contributed by atoms with Crippen molar-refractivity contribution >= 4 is 28.6 Å². The van der Waals surface area contributed by atoms with Gasteiger partial charge in [-0.15, -0.1) is 0 Å². The lowest BCUT2D eigenvalue weighted by Crippen LogP contribution is -2.32. The Labute approximate surface area is 254 Å². The largest absolute Gasteiger partial charge is 0.488 e. The summed E-state index contributed by atoms with van der Waals surface area (Å²) in [6.07, 6.45) is 15.3. The number of amides is 2. The van der Waals surface area contributed by atoms with E-state index in [0.717, 1.165) is 49.8 Å². The standard InChI is InChI=1S/C35H45N3O5/c1-2-3-4-5-6-7-8-9-10-18-25-37-28-22-15-14-21-27(28)33(39)36-32(37)31-34(40)38(35(41)43-31)29-23-16-17-24-30(29)42-26-19-12-11-13-20-26/h14-17,21-24,26,31H,2-13,18-20,25H2,1H3. The molecule has 8 heteroatoms. The van der Waals surface area contributed by atoms with Crippen molar-refractivity contribution in [3.05, 3.63) is 64.7 Å². The van der Waals surface area contributed by atoms with Crippen LogP contribution >= 0.6 is 0 Å². The van der Waals surface area contributed by atoms with Crippen LogP contribution in [0, 0.1) is 0 Å². The van der Waals surface area contributed by atoms with E-state index in [0.29, 0.717) is 28.9 Å². The molecule has 1 atom stereocenters. The Morgan fingerprint density at radius 3 is 2.21 bits per heavy atom. The van der Waals surface area contributed by atoms with Gasteiger partial charge in [-0.1, -0.05) is 95.4 Å². The van der Waals surface area contributed by atoms with Crippen molar-refractivity contribution in [2.75, 3.05) is 4.90 Å². The number of benzene rings is 2. The van der Waals surface area contributed by atoms with Crippen LogP contribution in [0.1, 0.15) is 115 Å². The first-order chi connectivity index (χ1) is 21.1. The van der Waals surface area contributed by atoms with Crippen LogP contribution in [0.25, 0.3) is 10.9 Å². The molecule has 8 nitrogen and oxygen atoms in total. The molecule has 1 aliphatic heterocycles. The van der Waals surface area contributed by atoms with E-state index in [2.05, 4.69) is 11.9 Å². The SMILES string of the molecule is CCCCCCCCCCCCn1c(C2OC(=O)N(c3ccccc3OC3CCCCC3)C2=O)nc(=O)c2ccccc21. The number of aromatic nitrogens is 2. The van der Waals surface area contributed by atoms with Gasteiger partial charge in [0.25, 0.3) is 11.5 Å². The Bertz CT molecular complexity index is 1440. The highest BCUT2D eigenvalue weighted by atomic mass is 16.6. The van der Waals surface area contributed by atoms with Crippen molar-refractivity contribution in [2.45, 2.75) is 122 Å². The maximum Gasteiger partial charge on any atom is 0.422 e. The number of hydrogen-bond donors (Lipinski definition) is 0. The lowest BCUT2D eigenvalue weighted by molar-refractivity contribution is -0.122. The third kappa shape index (κ3) is 7.46. The second-order valence-electron chi connectivity index (χ2n) is 11.9. The van der Waals surface area contributed by atoms with Gasteiger partial charge in [0.15, 0.2) is 5.82 Å². The summed E-state index contributed by atoms with van der Waals surface area (Å²) in [5.74, 6) is 0.0874. The zero-order valence-corrected chi connectivity index (χ0v) is 25.5. The minimum absolute atomic E-state index is 0.0489. The highest BCUT2D eigenvalue weighted by molar-refractivity contribution is 6.19. The van der Waals surface area contributed by atoms with Gasteiger partial charge in [0.1, 0.15) is 5.75 Å². The zero-order chi connectivity index (χ0) is 30.0. The van der Waals surface area contributed by atoms with Crippen molar-refractivity contribution in [3.8, 4) is 5.75 Å². The molecule has 0 bridgehead atoms. The van der Waals surface area contributed by atoms with Gasteiger partial charge in [-0.25, -0.2) is 9.69 Å². The van der Waals surface area contributed by atoms with E-state index in [9.17, 15) is 14.4 Å². The van der Waals surface area contributed by atoms with Gasteiger partial charge in [0, 0.05) is 6.54 Å². The number of carbonyl (C=O) groups is 2. The number of cyclic esters (lactones) is 1. The monoisotopic (exact) mass is 587 g/mol. The molecule has 1 aliphatic carbocycles. The summed E-state index contributed by atoms with van der Waals surface area (Å²) in [6.45, 7) is 2.81. The Morgan fingerprint density at radius 1 is 0.814 bits per heavy atom. The molecule has 0 radical (unpaired) electrons. The van der Waals surface area contributed by atoms with Crippen LogP contribution in [0.3, 0.4) is 0 Å². The third-order valence-electron chi connectivity index (χ3n) is 8.69. The number of unbranched alkanes of at least 4 members (excludes halogenated alkanes) is 9. The molecule has 2 amide bonds. The number of para-hydroxylation sites is 3. The molecule has 1 aromatic heterocycles. The number of fused-ring (bicyclic) bond motifs is 1. The van der Waals surface area contributed by atoms with Crippen LogP contribution in [0.15, 0.2) is 53.3 Å². The number of imide groups is 1. The molecule has 5 rings (SSSR count). The van der Waals surface area contributed by atoms with Gasteiger partial charge in [0.2, 0.25) is 6.10 Å². The molecule has 43 heavy (non-hydrogen) atoms. The van der Waals surface area contributed by atoms with E-state index in [1.807, 2.05) is 28.8 Å². The van der Waals surface area contributed by atoms with Crippen molar-refractivity contribution in [1.82, 2.24) is 9.55 Å². The molecule has 1 unspecified atom stereocenters. The fourth-order valence-electron chi connectivity index (χ4n) is 6.33. The van der Waals surface area contributed by atoms with Crippen LogP contribution < -0.4 is 15.2 Å². The molecular weight excluding hydrogens is 542 g/mol. The Kier molecular flexibility index (Phi) is 10.9. The molecule has 3 aromatic rings. The second-order valence-corrected chi connectivity index (χ2v) is 11.9. The van der Waals surface area contributed by atoms with E-state index >= 15 is 0 Å². The lowest BCUT2D eigenvalue weighted by atomic mass is 9.98. The van der Waals surface area contributed by atoms with E-state index in [1.165, 1.54) is 51.4 Å². The maximum atomic E-state index is 13.9. The highest BCUT2D eigenvalue weighted by Gasteiger charge is 2.46. The summed E-state index contributed by atoms with van der Waals surface area (Å²) < 4.78 is 13.9. The molecule has 1 saturated carbocycles. The highest BCUT2D eigenvalue weighted by Crippen LogP contribution is 2.38. The molecule has 0 spiro atoms. The van der Waals surface area contributed by atoms with Gasteiger partial charge in [-0.2, -0.15) is 4.98 Å². The average molecular weight is 588 g/mol. The number of carbonyl (C=O) groups excluding carboxylic acids is 2. The van der Waals surface area contributed by atoms with Crippen LogP contribution in [0.4, 0.5) is 10.5 Å². The maximum absolute atomic E-state index is 13.9. The number of nitrogens with zero attached hydrogens (tertiary/aromatic N) is 3. The summed E-state index contributed by atoms with van der Waals surface area (Å²) in [6, 6.07) is 14.4. The van der Waals surface area contributed by atoms with Gasteiger partial charge in [0.05, 0.1) is 22.7 Å². The molecule has 0 N–H and O–H groups in total. The summed E-state index contributed by atoms with van der Waals surface area (Å²) in [5.41, 5.74) is 0.611. The van der Waals surface area contributed by atoms with Crippen molar-refractivity contribution in [3.63, 3.8) is 0 Å². The van der Waals surface area contributed by atoms with E-state index < -0.39 is 23.7 Å². The van der Waals surface area contributed by atoms with Crippen molar-refractivity contribution < 1.29 is 19.1 Å². The topological polar surface area (TPSA) is 90.7 Å². The third-order valence-corrected chi connectivity index (χ3v) is 8.69. The number of hydrogen-bond acceptors (Lipinski definition) is 6. The number of rotatable bonds is 15. The van der Waals surface area contributed by atoms with E-state index in [-0.39, 0.29) is 11.9 Å². The first-order valence-corrected chi connectivity index (χ1v) is 16.4. The summed E-state index contributed by atoms with van der Waals surface area (Å²) in [7, 11) is 0. The molecule has 2 fully saturated rings. The van der Waals surface area contributed by atoms with Gasteiger partial charge in [-0.05, 0) is 56.4 Å². The fraction of sp³-hybridized carbons (Fsp3) is 0.543. The Balaban J connectivity index is 1.33. The summed E-state index contributed by atoms with van der Waals surface area (Å²) in [4.78, 5) is 45.5. The minimum Gasteiger partial charge on any atom is -0.488 e. The van der Waals surface area contributed by atoms with Crippen LogP contribution in [-0.4, -0.2) is 27.7 Å².